The fourth-order valence-electron chi connectivity index (χ4n) is 3.92. The molecule has 1 aromatic carbocycles. The summed E-state index contributed by atoms with van der Waals surface area (Å²) in [5, 5.41) is 1.14. The van der Waals surface area contributed by atoms with Crippen LogP contribution >= 0.6 is 11.8 Å². The minimum atomic E-state index is -0.157. The van der Waals surface area contributed by atoms with Gasteiger partial charge in [0.15, 0.2) is 5.17 Å². The summed E-state index contributed by atoms with van der Waals surface area (Å²) in [6.07, 6.45) is 7.86. The molecule has 2 heterocycles. The largest absolute Gasteiger partial charge is 0.372 e. The Kier molecular flexibility index (Phi) is 6.50. The van der Waals surface area contributed by atoms with Crippen LogP contribution in [0.4, 0.5) is 10.1 Å². The molecule has 4 rings (SSSR count). The van der Waals surface area contributed by atoms with E-state index in [1.807, 2.05) is 17.8 Å². The van der Waals surface area contributed by atoms with Crippen molar-refractivity contribution in [1.82, 2.24) is 9.80 Å². The molecule has 1 unspecified atom stereocenters. The van der Waals surface area contributed by atoms with Crippen molar-refractivity contribution in [2.24, 2.45) is 4.99 Å². The molecule has 28 heavy (non-hydrogen) atoms. The molecular formula is C22H28FN3OS. The Morgan fingerprint density at radius 2 is 2.11 bits per heavy atom. The smallest absolute Gasteiger partial charge is 0.164 e. The number of likely N-dealkylation sites (tertiary alicyclic amines) is 1. The van der Waals surface area contributed by atoms with Crippen LogP contribution in [0.5, 0.6) is 0 Å². The molecule has 0 aromatic heterocycles. The Morgan fingerprint density at radius 1 is 1.29 bits per heavy atom. The molecule has 150 valence electrons. The molecule has 0 saturated carbocycles. The molecule has 2 aliphatic heterocycles. The van der Waals surface area contributed by atoms with Gasteiger partial charge in [0.2, 0.25) is 0 Å². The third-order valence-corrected chi connectivity index (χ3v) is 6.82. The maximum atomic E-state index is 13.0. The third-order valence-electron chi connectivity index (χ3n) is 5.73. The fourth-order valence-corrected chi connectivity index (χ4v) is 4.96. The van der Waals surface area contributed by atoms with Crippen molar-refractivity contribution >= 4 is 22.6 Å². The maximum Gasteiger partial charge on any atom is 0.164 e. The third kappa shape index (κ3) is 4.85. The van der Waals surface area contributed by atoms with Gasteiger partial charge in [-0.05, 0) is 43.0 Å². The van der Waals surface area contributed by atoms with E-state index >= 15 is 0 Å². The number of amidine groups is 1. The minimum absolute atomic E-state index is 0.0207. The van der Waals surface area contributed by atoms with E-state index in [2.05, 4.69) is 41.1 Å². The van der Waals surface area contributed by atoms with E-state index in [0.717, 1.165) is 49.1 Å². The normalized spacial score (nSPS) is 23.1. The number of fused-ring (bicyclic) bond motifs is 1. The Labute approximate surface area is 171 Å². The van der Waals surface area contributed by atoms with Gasteiger partial charge in [-0.2, -0.15) is 0 Å². The van der Waals surface area contributed by atoms with Gasteiger partial charge >= 0.3 is 0 Å². The van der Waals surface area contributed by atoms with Crippen LogP contribution in [0.2, 0.25) is 0 Å². The van der Waals surface area contributed by atoms with Crippen molar-refractivity contribution in [2.75, 3.05) is 33.3 Å². The molecule has 3 aliphatic rings. The van der Waals surface area contributed by atoms with Crippen LogP contribution in [-0.2, 0) is 10.5 Å². The summed E-state index contributed by atoms with van der Waals surface area (Å²) in [6, 6.07) is 8.97. The Balaban J connectivity index is 1.21. The summed E-state index contributed by atoms with van der Waals surface area (Å²) in [7, 11) is 2.19. The van der Waals surface area contributed by atoms with Crippen molar-refractivity contribution in [1.29, 1.82) is 0 Å². The number of rotatable bonds is 5. The first-order valence-corrected chi connectivity index (χ1v) is 11.1. The van der Waals surface area contributed by atoms with Gasteiger partial charge in [-0.15, -0.1) is 0 Å². The molecule has 1 aromatic rings. The number of hydrogen-bond donors (Lipinski definition) is 0. The molecule has 1 aliphatic carbocycles. The van der Waals surface area contributed by atoms with Crippen LogP contribution in [0.15, 0.2) is 53.3 Å². The molecule has 0 spiro atoms. The van der Waals surface area contributed by atoms with E-state index in [9.17, 15) is 4.39 Å². The van der Waals surface area contributed by atoms with Gasteiger partial charge in [-0.3, -0.25) is 0 Å². The van der Waals surface area contributed by atoms with Crippen LogP contribution in [0.3, 0.4) is 0 Å². The molecule has 1 saturated heterocycles. The standard InChI is InChI=1S/C22H28FN3OS/c1-25(22-24-21-5-3-2-4-17(21)16-28-22)19-10-12-26(13-11-19)14-15-27-20-8-6-18(23)7-9-20/h2-8,19-20H,9-16H2,1H3. The molecule has 4 nitrogen and oxygen atoms in total. The Morgan fingerprint density at radius 3 is 2.89 bits per heavy atom. The highest BCUT2D eigenvalue weighted by atomic mass is 32.2. The van der Waals surface area contributed by atoms with Crippen molar-refractivity contribution in [2.45, 2.75) is 37.2 Å². The number of halogens is 1. The highest BCUT2D eigenvalue weighted by Crippen LogP contribution is 2.32. The molecule has 0 radical (unpaired) electrons. The van der Waals surface area contributed by atoms with Gasteiger partial charge in [-0.25, -0.2) is 9.38 Å². The first-order chi connectivity index (χ1) is 13.7. The van der Waals surface area contributed by atoms with Crippen LogP contribution in [0, 0.1) is 0 Å². The average Bonchev–Trinajstić information content (AvgIpc) is 2.75. The first kappa shape index (κ1) is 19.7. The second-order valence-corrected chi connectivity index (χ2v) is 8.53. The predicted molar refractivity (Wildman–Crippen MR) is 115 cm³/mol. The summed E-state index contributed by atoms with van der Waals surface area (Å²) in [5.74, 6) is 0.847. The van der Waals surface area contributed by atoms with Gasteiger partial charge in [-0.1, -0.05) is 36.0 Å². The van der Waals surface area contributed by atoms with E-state index < -0.39 is 0 Å². The van der Waals surface area contributed by atoms with E-state index in [-0.39, 0.29) is 11.9 Å². The minimum Gasteiger partial charge on any atom is -0.372 e. The number of piperidine rings is 1. The Bertz CT molecular complexity index is 771. The van der Waals surface area contributed by atoms with Crippen LogP contribution < -0.4 is 0 Å². The lowest BCUT2D eigenvalue weighted by molar-refractivity contribution is 0.0551. The van der Waals surface area contributed by atoms with Crippen LogP contribution in [0.25, 0.3) is 0 Å². The zero-order valence-electron chi connectivity index (χ0n) is 16.4. The quantitative estimate of drug-likeness (QED) is 0.725. The van der Waals surface area contributed by atoms with E-state index in [4.69, 9.17) is 9.73 Å². The topological polar surface area (TPSA) is 28.1 Å². The Hall–Kier alpha value is -1.63. The van der Waals surface area contributed by atoms with Crippen molar-refractivity contribution < 1.29 is 9.13 Å². The maximum absolute atomic E-state index is 13.0. The molecule has 6 heteroatoms. The number of nitrogens with zero attached hydrogens (tertiary/aromatic N) is 3. The van der Waals surface area contributed by atoms with Crippen molar-refractivity contribution in [3.8, 4) is 0 Å². The number of thioether (sulfide) groups is 1. The second kappa shape index (κ2) is 9.25. The number of hydrogen-bond acceptors (Lipinski definition) is 5. The lowest BCUT2D eigenvalue weighted by Gasteiger charge is -2.38. The predicted octanol–water partition coefficient (Wildman–Crippen LogP) is 4.52. The van der Waals surface area contributed by atoms with E-state index in [1.54, 1.807) is 6.08 Å². The van der Waals surface area contributed by atoms with Gasteiger partial charge in [0, 0.05) is 38.5 Å². The van der Waals surface area contributed by atoms with Crippen LogP contribution in [0.1, 0.15) is 24.8 Å². The summed E-state index contributed by atoms with van der Waals surface area (Å²) in [4.78, 5) is 9.73. The van der Waals surface area contributed by atoms with Gasteiger partial charge in [0.25, 0.3) is 0 Å². The van der Waals surface area contributed by atoms with Gasteiger partial charge in [0.05, 0.1) is 18.4 Å². The van der Waals surface area contributed by atoms with E-state index in [0.29, 0.717) is 19.1 Å². The zero-order valence-corrected chi connectivity index (χ0v) is 17.2. The number of aliphatic imine (C=N–C) groups is 1. The molecule has 1 fully saturated rings. The molecular weight excluding hydrogens is 373 g/mol. The van der Waals surface area contributed by atoms with Crippen molar-refractivity contribution in [3.63, 3.8) is 0 Å². The number of allylic oxidation sites excluding steroid dienone is 2. The van der Waals surface area contributed by atoms with E-state index in [1.165, 1.54) is 11.6 Å². The molecule has 1 atom stereocenters. The summed E-state index contributed by atoms with van der Waals surface area (Å²) >= 11 is 1.84. The zero-order chi connectivity index (χ0) is 19.3. The lowest BCUT2D eigenvalue weighted by Crippen LogP contribution is -2.46. The van der Waals surface area contributed by atoms with Gasteiger partial charge in [0.1, 0.15) is 5.83 Å². The lowest BCUT2D eigenvalue weighted by atomic mass is 10.0. The molecule has 0 N–H and O–H groups in total. The second-order valence-electron chi connectivity index (χ2n) is 7.59. The number of ether oxygens (including phenoxy) is 1. The summed E-state index contributed by atoms with van der Waals surface area (Å²) in [5.41, 5.74) is 2.44. The SMILES string of the molecule is CN(C1=Nc2ccccc2CS1)C1CCN(CCOC2C=CC(F)=CC2)CC1. The highest BCUT2D eigenvalue weighted by molar-refractivity contribution is 8.13. The monoisotopic (exact) mass is 401 g/mol. The fraction of sp³-hybridized carbons (Fsp3) is 0.500. The summed E-state index contributed by atoms with van der Waals surface area (Å²) < 4.78 is 18.8. The van der Waals surface area contributed by atoms with Crippen molar-refractivity contribution in [3.05, 3.63) is 53.9 Å². The molecule has 0 amide bonds. The number of benzene rings is 1. The summed E-state index contributed by atoms with van der Waals surface area (Å²) in [6.45, 7) is 3.81. The van der Waals surface area contributed by atoms with Crippen LogP contribution in [-0.4, -0.2) is 60.4 Å². The number of para-hydroxylation sites is 1. The highest BCUT2D eigenvalue weighted by Gasteiger charge is 2.26. The average molecular weight is 402 g/mol. The first-order valence-electron chi connectivity index (χ1n) is 10.1. The molecule has 0 bridgehead atoms. The van der Waals surface area contributed by atoms with Gasteiger partial charge < -0.3 is 14.5 Å².